The van der Waals surface area contributed by atoms with Gasteiger partial charge in [0, 0.05) is 5.56 Å². The quantitative estimate of drug-likeness (QED) is 0.724. The first-order valence-electron chi connectivity index (χ1n) is 5.26. The summed E-state index contributed by atoms with van der Waals surface area (Å²) in [7, 11) is 0. The molecule has 0 amide bonds. The van der Waals surface area contributed by atoms with Gasteiger partial charge in [0.05, 0.1) is 0 Å². The number of hydrogen-bond acceptors (Lipinski definition) is 1. The van der Waals surface area contributed by atoms with E-state index in [0.717, 1.165) is 25.7 Å². The molecule has 1 fully saturated rings. The molecule has 0 saturated heterocycles. The zero-order chi connectivity index (χ0) is 9.97. The van der Waals surface area contributed by atoms with E-state index >= 15 is 0 Å². The second-order valence-electron chi connectivity index (χ2n) is 4.01. The normalized spacial score (nSPS) is 18.4. The minimum Gasteiger partial charge on any atom is -0.508 e. The summed E-state index contributed by atoms with van der Waals surface area (Å²) in [6.07, 6.45) is 5.56. The molecule has 76 valence electrons. The maximum atomic E-state index is 13.5. The van der Waals surface area contributed by atoms with Crippen LogP contribution in [0.2, 0.25) is 0 Å². The van der Waals surface area contributed by atoms with E-state index in [-0.39, 0.29) is 17.5 Å². The number of phenols is 1. The van der Waals surface area contributed by atoms with Crippen molar-refractivity contribution in [2.24, 2.45) is 0 Å². The van der Waals surface area contributed by atoms with Gasteiger partial charge >= 0.3 is 0 Å². The summed E-state index contributed by atoms with van der Waals surface area (Å²) in [6.45, 7) is 0. The number of benzene rings is 1. The van der Waals surface area contributed by atoms with Crippen molar-refractivity contribution in [2.75, 3.05) is 0 Å². The molecule has 0 aromatic heterocycles. The Morgan fingerprint density at radius 3 is 2.50 bits per heavy atom. The number of halogens is 1. The number of phenolic OH excluding ortho intramolecular Hbond substituents is 1. The second kappa shape index (κ2) is 3.99. The largest absolute Gasteiger partial charge is 0.508 e. The predicted molar refractivity (Wildman–Crippen MR) is 53.9 cm³/mol. The minimum absolute atomic E-state index is 0.122. The van der Waals surface area contributed by atoms with E-state index in [0.29, 0.717) is 5.56 Å². The molecule has 2 rings (SSSR count). The van der Waals surface area contributed by atoms with Gasteiger partial charge in [-0.2, -0.15) is 0 Å². The molecule has 1 aliphatic carbocycles. The number of hydrogen-bond donors (Lipinski definition) is 1. The summed E-state index contributed by atoms with van der Waals surface area (Å²) in [6, 6.07) is 4.56. The average Bonchev–Trinajstić information content (AvgIpc) is 2.19. The highest BCUT2D eigenvalue weighted by Crippen LogP contribution is 2.38. The topological polar surface area (TPSA) is 20.2 Å². The van der Waals surface area contributed by atoms with E-state index < -0.39 is 0 Å². The number of rotatable bonds is 1. The van der Waals surface area contributed by atoms with E-state index in [9.17, 15) is 9.50 Å². The second-order valence-corrected chi connectivity index (χ2v) is 4.01. The van der Waals surface area contributed by atoms with E-state index in [2.05, 4.69) is 0 Å². The highest BCUT2D eigenvalue weighted by Gasteiger charge is 2.21. The van der Waals surface area contributed by atoms with Gasteiger partial charge in [-0.1, -0.05) is 25.3 Å². The van der Waals surface area contributed by atoms with Crippen LogP contribution in [0.15, 0.2) is 18.2 Å². The summed E-state index contributed by atoms with van der Waals surface area (Å²) < 4.78 is 13.5. The molecule has 2 heteroatoms. The Kier molecular flexibility index (Phi) is 2.71. The van der Waals surface area contributed by atoms with E-state index in [1.165, 1.54) is 12.5 Å². The van der Waals surface area contributed by atoms with Crippen LogP contribution in [-0.4, -0.2) is 5.11 Å². The molecule has 0 radical (unpaired) electrons. The van der Waals surface area contributed by atoms with Crippen LogP contribution in [0.25, 0.3) is 0 Å². The third-order valence-electron chi connectivity index (χ3n) is 3.04. The predicted octanol–water partition coefficient (Wildman–Crippen LogP) is 3.58. The highest BCUT2D eigenvalue weighted by molar-refractivity contribution is 5.36. The Bertz CT molecular complexity index is 296. The van der Waals surface area contributed by atoms with E-state index in [1.54, 1.807) is 12.1 Å². The Labute approximate surface area is 83.6 Å². The molecule has 1 N–H and O–H groups in total. The lowest BCUT2D eigenvalue weighted by molar-refractivity contribution is 0.399. The molecule has 0 heterocycles. The van der Waals surface area contributed by atoms with Gasteiger partial charge < -0.3 is 5.11 Å². The third kappa shape index (κ3) is 1.74. The molecule has 1 nitrogen and oxygen atoms in total. The van der Waals surface area contributed by atoms with Crippen LogP contribution in [0.5, 0.6) is 5.75 Å². The fourth-order valence-electron chi connectivity index (χ4n) is 2.32. The van der Waals surface area contributed by atoms with Crippen LogP contribution in [0.1, 0.15) is 43.6 Å². The van der Waals surface area contributed by atoms with Crippen LogP contribution < -0.4 is 0 Å². The zero-order valence-electron chi connectivity index (χ0n) is 8.17. The first-order valence-corrected chi connectivity index (χ1v) is 5.26. The minimum atomic E-state index is -0.253. The van der Waals surface area contributed by atoms with Crippen molar-refractivity contribution in [2.45, 2.75) is 38.0 Å². The summed E-state index contributed by atoms with van der Waals surface area (Å²) in [5, 5.41) is 9.60. The van der Waals surface area contributed by atoms with Gasteiger partial charge in [-0.25, -0.2) is 4.39 Å². The molecule has 0 aliphatic heterocycles. The Balaban J connectivity index is 2.29. The molecule has 1 aliphatic rings. The van der Waals surface area contributed by atoms with Crippen molar-refractivity contribution in [3.05, 3.63) is 29.6 Å². The molecule has 0 bridgehead atoms. The van der Waals surface area contributed by atoms with Crippen LogP contribution >= 0.6 is 0 Å². The average molecular weight is 194 g/mol. The summed E-state index contributed by atoms with van der Waals surface area (Å²) >= 11 is 0. The number of aromatic hydroxyl groups is 1. The van der Waals surface area contributed by atoms with Crippen LogP contribution in [0.4, 0.5) is 4.39 Å². The molecule has 0 spiro atoms. The first-order chi connectivity index (χ1) is 6.79. The Morgan fingerprint density at radius 2 is 1.86 bits per heavy atom. The molecule has 1 aromatic carbocycles. The molecule has 14 heavy (non-hydrogen) atoms. The van der Waals surface area contributed by atoms with Crippen LogP contribution in [-0.2, 0) is 0 Å². The van der Waals surface area contributed by atoms with E-state index in [4.69, 9.17) is 0 Å². The van der Waals surface area contributed by atoms with Crippen molar-refractivity contribution in [1.82, 2.24) is 0 Å². The van der Waals surface area contributed by atoms with Gasteiger partial charge in [0.1, 0.15) is 11.6 Å². The summed E-state index contributed by atoms with van der Waals surface area (Å²) in [4.78, 5) is 0. The van der Waals surface area contributed by atoms with Gasteiger partial charge in [0.15, 0.2) is 0 Å². The van der Waals surface area contributed by atoms with Gasteiger partial charge in [-0.15, -0.1) is 0 Å². The monoisotopic (exact) mass is 194 g/mol. The standard InChI is InChI=1S/C12H15FO/c13-10-7-4-8-11(14)12(10)9-5-2-1-3-6-9/h4,7-9,14H,1-3,5-6H2. The lowest BCUT2D eigenvalue weighted by Gasteiger charge is -2.22. The molecule has 0 atom stereocenters. The molecule has 0 unspecified atom stereocenters. The maximum Gasteiger partial charge on any atom is 0.130 e. The van der Waals surface area contributed by atoms with Crippen molar-refractivity contribution in [1.29, 1.82) is 0 Å². The molecular formula is C12H15FO. The van der Waals surface area contributed by atoms with Crippen LogP contribution in [0.3, 0.4) is 0 Å². The zero-order valence-corrected chi connectivity index (χ0v) is 8.17. The fourth-order valence-corrected chi connectivity index (χ4v) is 2.32. The van der Waals surface area contributed by atoms with Crippen molar-refractivity contribution >= 4 is 0 Å². The van der Waals surface area contributed by atoms with Crippen molar-refractivity contribution in [3.8, 4) is 5.75 Å². The Hall–Kier alpha value is -1.05. The van der Waals surface area contributed by atoms with Gasteiger partial charge in [-0.3, -0.25) is 0 Å². The summed E-state index contributed by atoms with van der Waals surface area (Å²) in [5.74, 6) is 0.0961. The van der Waals surface area contributed by atoms with Gasteiger partial charge in [0.2, 0.25) is 0 Å². The SMILES string of the molecule is Oc1cccc(F)c1C1CCCCC1. The van der Waals surface area contributed by atoms with E-state index in [1.807, 2.05) is 0 Å². The first kappa shape index (κ1) is 9.50. The lowest BCUT2D eigenvalue weighted by Crippen LogP contribution is -2.06. The van der Waals surface area contributed by atoms with Gasteiger partial charge in [-0.05, 0) is 30.9 Å². The lowest BCUT2D eigenvalue weighted by atomic mass is 9.83. The smallest absolute Gasteiger partial charge is 0.130 e. The van der Waals surface area contributed by atoms with Crippen molar-refractivity contribution in [3.63, 3.8) is 0 Å². The maximum absolute atomic E-state index is 13.5. The molecule has 1 saturated carbocycles. The summed E-state index contributed by atoms with van der Waals surface area (Å²) in [5.41, 5.74) is 0.534. The van der Waals surface area contributed by atoms with Crippen molar-refractivity contribution < 1.29 is 9.50 Å². The Morgan fingerprint density at radius 1 is 1.14 bits per heavy atom. The van der Waals surface area contributed by atoms with Gasteiger partial charge in [0.25, 0.3) is 0 Å². The highest BCUT2D eigenvalue weighted by atomic mass is 19.1. The fraction of sp³-hybridized carbons (Fsp3) is 0.500. The van der Waals surface area contributed by atoms with Crippen LogP contribution in [0, 0.1) is 5.82 Å². The molecule has 1 aromatic rings. The third-order valence-corrected chi connectivity index (χ3v) is 3.04. The molecular weight excluding hydrogens is 179 g/mol.